The van der Waals surface area contributed by atoms with Crippen molar-refractivity contribution in [2.24, 2.45) is 5.92 Å². The van der Waals surface area contributed by atoms with Crippen LogP contribution in [0.2, 0.25) is 0 Å². The average Bonchev–Trinajstić information content (AvgIpc) is 2.69. The van der Waals surface area contributed by atoms with E-state index < -0.39 is 0 Å². The Hall–Kier alpha value is -2.57. The second-order valence-electron chi connectivity index (χ2n) is 6.27. The van der Waals surface area contributed by atoms with E-state index in [1.807, 2.05) is 0 Å². The molecular weight excluding hydrogens is 366 g/mol. The highest BCUT2D eigenvalue weighted by Crippen LogP contribution is 2.18. The molecule has 2 amide bonds. The molecular formula is C20H24ClN3O3. The standard InChI is InChI=1S/C20H23N3O3.ClH/c1-26-18-8-6-17(7-9-18)23-19(24)14-2-4-16(5-3-14)22-20(25)15-10-12-21-13-11-15;/h2-9,15,21H,10-13H2,1H3,(H,22,25)(H,23,24);1H. The lowest BCUT2D eigenvalue weighted by Gasteiger charge is -2.21. The topological polar surface area (TPSA) is 79.5 Å². The Kier molecular flexibility index (Phi) is 7.64. The molecule has 0 aliphatic carbocycles. The molecule has 0 spiro atoms. The van der Waals surface area contributed by atoms with Gasteiger partial charge in [0.25, 0.3) is 5.91 Å². The predicted molar refractivity (Wildman–Crippen MR) is 109 cm³/mol. The number of nitrogens with one attached hydrogen (secondary N) is 3. The summed E-state index contributed by atoms with van der Waals surface area (Å²) in [4.78, 5) is 24.6. The number of carbonyl (C=O) groups is 2. The molecule has 2 aromatic carbocycles. The summed E-state index contributed by atoms with van der Waals surface area (Å²) in [6.07, 6.45) is 1.71. The molecule has 3 rings (SSSR count). The second kappa shape index (κ2) is 9.94. The van der Waals surface area contributed by atoms with Gasteiger partial charge >= 0.3 is 0 Å². The first-order valence-electron chi connectivity index (χ1n) is 8.73. The van der Waals surface area contributed by atoms with Crippen LogP contribution in [0.5, 0.6) is 5.75 Å². The van der Waals surface area contributed by atoms with Gasteiger partial charge in [0.15, 0.2) is 0 Å². The Bertz CT molecular complexity index is 757. The first-order valence-corrected chi connectivity index (χ1v) is 8.73. The van der Waals surface area contributed by atoms with Crippen LogP contribution in [0.4, 0.5) is 11.4 Å². The SMILES string of the molecule is COc1ccc(NC(=O)c2ccc(NC(=O)C3CCNCC3)cc2)cc1.Cl. The average molecular weight is 390 g/mol. The lowest BCUT2D eigenvalue weighted by Crippen LogP contribution is -2.34. The highest BCUT2D eigenvalue weighted by atomic mass is 35.5. The van der Waals surface area contributed by atoms with Gasteiger partial charge in [-0.2, -0.15) is 0 Å². The van der Waals surface area contributed by atoms with E-state index in [9.17, 15) is 9.59 Å². The highest BCUT2D eigenvalue weighted by Gasteiger charge is 2.20. The fourth-order valence-electron chi connectivity index (χ4n) is 2.91. The van der Waals surface area contributed by atoms with Gasteiger partial charge < -0.3 is 20.7 Å². The van der Waals surface area contributed by atoms with Crippen LogP contribution in [0.25, 0.3) is 0 Å². The number of rotatable bonds is 5. The second-order valence-corrected chi connectivity index (χ2v) is 6.27. The number of piperidine rings is 1. The van der Waals surface area contributed by atoms with E-state index in [-0.39, 0.29) is 30.1 Å². The molecule has 1 fully saturated rings. The minimum Gasteiger partial charge on any atom is -0.497 e. The number of hydrogen-bond donors (Lipinski definition) is 3. The fourth-order valence-corrected chi connectivity index (χ4v) is 2.91. The third-order valence-corrected chi connectivity index (χ3v) is 4.47. The van der Waals surface area contributed by atoms with Crippen molar-refractivity contribution < 1.29 is 14.3 Å². The lowest BCUT2D eigenvalue weighted by atomic mass is 9.97. The van der Waals surface area contributed by atoms with Gasteiger partial charge in [-0.15, -0.1) is 12.4 Å². The van der Waals surface area contributed by atoms with Crippen LogP contribution in [-0.4, -0.2) is 32.0 Å². The molecule has 0 unspecified atom stereocenters. The summed E-state index contributed by atoms with van der Waals surface area (Å²) in [6, 6.07) is 14.1. The molecule has 1 aliphatic rings. The molecule has 0 radical (unpaired) electrons. The zero-order valence-electron chi connectivity index (χ0n) is 15.2. The molecule has 3 N–H and O–H groups in total. The smallest absolute Gasteiger partial charge is 0.255 e. The van der Waals surface area contributed by atoms with E-state index in [1.165, 1.54) is 0 Å². The highest BCUT2D eigenvalue weighted by molar-refractivity contribution is 6.04. The molecule has 1 heterocycles. The maximum Gasteiger partial charge on any atom is 0.255 e. The summed E-state index contributed by atoms with van der Waals surface area (Å²) < 4.78 is 5.10. The van der Waals surface area contributed by atoms with Crippen molar-refractivity contribution in [1.82, 2.24) is 5.32 Å². The summed E-state index contributed by atoms with van der Waals surface area (Å²) in [7, 11) is 1.60. The number of carbonyl (C=O) groups excluding carboxylic acids is 2. The molecule has 0 bridgehead atoms. The van der Waals surface area contributed by atoms with Crippen molar-refractivity contribution in [2.75, 3.05) is 30.8 Å². The number of halogens is 1. The normalized spacial score (nSPS) is 14.0. The summed E-state index contributed by atoms with van der Waals surface area (Å²) >= 11 is 0. The minimum absolute atomic E-state index is 0. The van der Waals surface area contributed by atoms with Crippen molar-refractivity contribution in [3.8, 4) is 5.75 Å². The first kappa shape index (κ1) is 20.7. The Morgan fingerprint density at radius 1 is 0.926 bits per heavy atom. The van der Waals surface area contributed by atoms with Crippen molar-refractivity contribution in [3.05, 3.63) is 54.1 Å². The minimum atomic E-state index is -0.202. The molecule has 1 saturated heterocycles. The monoisotopic (exact) mass is 389 g/mol. The van der Waals surface area contributed by atoms with Crippen LogP contribution >= 0.6 is 12.4 Å². The van der Waals surface area contributed by atoms with Crippen molar-refractivity contribution in [3.63, 3.8) is 0 Å². The van der Waals surface area contributed by atoms with Gasteiger partial charge in [-0.05, 0) is 74.5 Å². The fraction of sp³-hybridized carbons (Fsp3) is 0.300. The largest absolute Gasteiger partial charge is 0.497 e. The molecule has 144 valence electrons. The van der Waals surface area contributed by atoms with Crippen molar-refractivity contribution in [1.29, 1.82) is 0 Å². The van der Waals surface area contributed by atoms with E-state index in [2.05, 4.69) is 16.0 Å². The number of methoxy groups -OCH3 is 1. The van der Waals surface area contributed by atoms with Crippen LogP contribution in [0.3, 0.4) is 0 Å². The molecule has 0 atom stereocenters. The molecule has 6 nitrogen and oxygen atoms in total. The predicted octanol–water partition coefficient (Wildman–Crippen LogP) is 3.31. The molecule has 27 heavy (non-hydrogen) atoms. The molecule has 0 aromatic heterocycles. The number of amides is 2. The van der Waals surface area contributed by atoms with Gasteiger partial charge in [0.2, 0.25) is 5.91 Å². The summed E-state index contributed by atoms with van der Waals surface area (Å²) in [5, 5.41) is 9.01. The van der Waals surface area contributed by atoms with Gasteiger partial charge in [-0.3, -0.25) is 9.59 Å². The Labute approximate surface area is 165 Å². The zero-order chi connectivity index (χ0) is 18.4. The maximum absolute atomic E-state index is 12.3. The first-order chi connectivity index (χ1) is 12.7. The van der Waals surface area contributed by atoms with E-state index in [1.54, 1.807) is 55.6 Å². The van der Waals surface area contributed by atoms with Crippen LogP contribution in [0, 0.1) is 5.92 Å². The quantitative estimate of drug-likeness (QED) is 0.733. The molecule has 2 aromatic rings. The van der Waals surface area contributed by atoms with Crippen LogP contribution in [0.15, 0.2) is 48.5 Å². The summed E-state index contributed by atoms with van der Waals surface area (Å²) in [6.45, 7) is 1.76. The van der Waals surface area contributed by atoms with Crippen molar-refractivity contribution >= 4 is 35.6 Å². The molecule has 0 saturated carbocycles. The van der Waals surface area contributed by atoms with E-state index in [0.717, 1.165) is 31.7 Å². The van der Waals surface area contributed by atoms with Crippen LogP contribution in [0.1, 0.15) is 23.2 Å². The number of ether oxygens (including phenoxy) is 1. The summed E-state index contributed by atoms with van der Waals surface area (Å²) in [5.74, 6) is 0.625. The molecule has 1 aliphatic heterocycles. The van der Waals surface area contributed by atoms with Gasteiger partial charge in [0.05, 0.1) is 7.11 Å². The Morgan fingerprint density at radius 3 is 2.07 bits per heavy atom. The molecule has 7 heteroatoms. The third kappa shape index (κ3) is 5.70. The lowest BCUT2D eigenvalue weighted by molar-refractivity contribution is -0.120. The van der Waals surface area contributed by atoms with Crippen molar-refractivity contribution in [2.45, 2.75) is 12.8 Å². The van der Waals surface area contributed by atoms with Crippen LogP contribution < -0.4 is 20.7 Å². The van der Waals surface area contributed by atoms with E-state index in [0.29, 0.717) is 16.9 Å². The van der Waals surface area contributed by atoms with Gasteiger partial charge in [0.1, 0.15) is 5.75 Å². The van der Waals surface area contributed by atoms with E-state index in [4.69, 9.17) is 4.74 Å². The number of benzene rings is 2. The van der Waals surface area contributed by atoms with Gasteiger partial charge in [0, 0.05) is 22.9 Å². The van der Waals surface area contributed by atoms with Crippen LogP contribution in [-0.2, 0) is 4.79 Å². The van der Waals surface area contributed by atoms with E-state index >= 15 is 0 Å². The Balaban J connectivity index is 0.00000261. The zero-order valence-corrected chi connectivity index (χ0v) is 16.0. The number of hydrogen-bond acceptors (Lipinski definition) is 4. The maximum atomic E-state index is 12.3. The summed E-state index contributed by atoms with van der Waals surface area (Å²) in [5.41, 5.74) is 1.93. The Morgan fingerprint density at radius 2 is 1.48 bits per heavy atom. The van der Waals surface area contributed by atoms with Gasteiger partial charge in [-0.25, -0.2) is 0 Å². The third-order valence-electron chi connectivity index (χ3n) is 4.47. The van der Waals surface area contributed by atoms with Gasteiger partial charge in [-0.1, -0.05) is 0 Å². The number of anilines is 2.